The maximum absolute atomic E-state index is 12.6. The number of rotatable bonds is 3. The standard InChI is InChI=1S/C17H19ClN2O2/c18-14-7-2-1-6-13(14)15-8-9-16(22-15)17(21)20-10-4-3-5-12(20)11-19/h1-2,6-9,12H,3-5,10-11,19H2. The van der Waals surface area contributed by atoms with Gasteiger partial charge in [-0.15, -0.1) is 0 Å². The van der Waals surface area contributed by atoms with E-state index in [0.717, 1.165) is 31.4 Å². The molecule has 3 rings (SSSR count). The molecular formula is C17H19ClN2O2. The first-order valence-electron chi connectivity index (χ1n) is 7.56. The van der Waals surface area contributed by atoms with E-state index in [-0.39, 0.29) is 11.9 Å². The highest BCUT2D eigenvalue weighted by Gasteiger charge is 2.28. The summed E-state index contributed by atoms with van der Waals surface area (Å²) in [6.07, 6.45) is 3.09. The summed E-state index contributed by atoms with van der Waals surface area (Å²) < 4.78 is 5.74. The average Bonchev–Trinajstić information content (AvgIpc) is 3.04. The van der Waals surface area contributed by atoms with Crippen molar-refractivity contribution in [3.63, 3.8) is 0 Å². The van der Waals surface area contributed by atoms with E-state index in [2.05, 4.69) is 0 Å². The fraction of sp³-hybridized carbons (Fsp3) is 0.353. The molecule has 1 aromatic carbocycles. The molecule has 4 nitrogen and oxygen atoms in total. The van der Waals surface area contributed by atoms with E-state index < -0.39 is 0 Å². The molecule has 1 aliphatic rings. The van der Waals surface area contributed by atoms with Gasteiger partial charge in [0.2, 0.25) is 0 Å². The molecule has 1 aromatic heterocycles. The Balaban J connectivity index is 1.84. The zero-order valence-electron chi connectivity index (χ0n) is 12.3. The van der Waals surface area contributed by atoms with Gasteiger partial charge in [-0.1, -0.05) is 23.7 Å². The number of hydrogen-bond acceptors (Lipinski definition) is 3. The molecule has 0 radical (unpaired) electrons. The predicted octanol–water partition coefficient (Wildman–Crippen LogP) is 3.55. The van der Waals surface area contributed by atoms with Gasteiger partial charge in [-0.2, -0.15) is 0 Å². The quantitative estimate of drug-likeness (QED) is 0.941. The summed E-state index contributed by atoms with van der Waals surface area (Å²) in [5, 5.41) is 0.605. The fourth-order valence-electron chi connectivity index (χ4n) is 2.91. The first-order valence-corrected chi connectivity index (χ1v) is 7.94. The van der Waals surface area contributed by atoms with Crippen LogP contribution in [0.2, 0.25) is 5.02 Å². The molecule has 22 heavy (non-hydrogen) atoms. The maximum atomic E-state index is 12.6. The van der Waals surface area contributed by atoms with E-state index in [1.54, 1.807) is 18.2 Å². The van der Waals surface area contributed by atoms with E-state index in [0.29, 0.717) is 23.1 Å². The molecule has 0 aliphatic carbocycles. The van der Waals surface area contributed by atoms with E-state index >= 15 is 0 Å². The lowest BCUT2D eigenvalue weighted by molar-refractivity contribution is 0.0592. The van der Waals surface area contributed by atoms with Gasteiger partial charge in [-0.25, -0.2) is 0 Å². The Morgan fingerprint density at radius 1 is 1.27 bits per heavy atom. The van der Waals surface area contributed by atoms with Crippen molar-refractivity contribution in [1.29, 1.82) is 0 Å². The van der Waals surface area contributed by atoms with Gasteiger partial charge in [0.1, 0.15) is 5.76 Å². The van der Waals surface area contributed by atoms with Gasteiger partial charge in [0.05, 0.1) is 5.02 Å². The number of nitrogens with two attached hydrogens (primary N) is 1. The van der Waals surface area contributed by atoms with Gasteiger partial charge >= 0.3 is 0 Å². The van der Waals surface area contributed by atoms with Gasteiger partial charge in [-0.3, -0.25) is 4.79 Å². The van der Waals surface area contributed by atoms with Crippen LogP contribution in [-0.2, 0) is 0 Å². The van der Waals surface area contributed by atoms with Crippen molar-refractivity contribution in [2.45, 2.75) is 25.3 Å². The Bertz CT molecular complexity index is 668. The molecule has 5 heteroatoms. The highest BCUT2D eigenvalue weighted by Crippen LogP contribution is 2.30. The van der Waals surface area contributed by atoms with Crippen molar-refractivity contribution in [2.24, 2.45) is 5.73 Å². The summed E-state index contributed by atoms with van der Waals surface area (Å²) in [5.74, 6) is 0.860. The van der Waals surface area contributed by atoms with Crippen LogP contribution in [0.3, 0.4) is 0 Å². The third-order valence-corrected chi connectivity index (χ3v) is 4.45. The lowest BCUT2D eigenvalue weighted by atomic mass is 10.0. The number of likely N-dealkylation sites (tertiary alicyclic amines) is 1. The summed E-state index contributed by atoms with van der Waals surface area (Å²) in [7, 11) is 0. The number of amides is 1. The van der Waals surface area contributed by atoms with Crippen molar-refractivity contribution >= 4 is 17.5 Å². The molecule has 116 valence electrons. The normalized spacial score (nSPS) is 18.5. The van der Waals surface area contributed by atoms with Crippen molar-refractivity contribution in [2.75, 3.05) is 13.1 Å². The van der Waals surface area contributed by atoms with Gasteiger partial charge in [0.25, 0.3) is 5.91 Å². The van der Waals surface area contributed by atoms with Crippen LogP contribution in [0.25, 0.3) is 11.3 Å². The molecule has 2 aromatic rings. The summed E-state index contributed by atoms with van der Waals surface area (Å²) in [4.78, 5) is 14.5. The Labute approximate surface area is 134 Å². The minimum Gasteiger partial charge on any atom is -0.451 e. The zero-order chi connectivity index (χ0) is 15.5. The molecule has 1 aliphatic heterocycles. The number of halogens is 1. The first-order chi connectivity index (χ1) is 10.7. The fourth-order valence-corrected chi connectivity index (χ4v) is 3.14. The molecular weight excluding hydrogens is 300 g/mol. The van der Waals surface area contributed by atoms with E-state index in [9.17, 15) is 4.79 Å². The van der Waals surface area contributed by atoms with Crippen molar-refractivity contribution < 1.29 is 9.21 Å². The summed E-state index contributed by atoms with van der Waals surface area (Å²) in [6, 6.07) is 11.0. The highest BCUT2D eigenvalue weighted by molar-refractivity contribution is 6.33. The Kier molecular flexibility index (Phi) is 4.50. The summed E-state index contributed by atoms with van der Waals surface area (Å²) in [6.45, 7) is 1.23. The number of piperidine rings is 1. The van der Waals surface area contributed by atoms with Crippen LogP contribution in [0.15, 0.2) is 40.8 Å². The third-order valence-electron chi connectivity index (χ3n) is 4.12. The van der Waals surface area contributed by atoms with Gasteiger partial charge in [0.15, 0.2) is 5.76 Å². The van der Waals surface area contributed by atoms with Gasteiger partial charge in [-0.05, 0) is 43.5 Å². The molecule has 0 spiro atoms. The molecule has 2 heterocycles. The van der Waals surface area contributed by atoms with E-state index in [1.165, 1.54) is 0 Å². The van der Waals surface area contributed by atoms with Crippen molar-refractivity contribution in [3.05, 3.63) is 47.2 Å². The predicted molar refractivity (Wildman–Crippen MR) is 86.9 cm³/mol. The lowest BCUT2D eigenvalue weighted by Gasteiger charge is -2.34. The second kappa shape index (κ2) is 6.55. The number of benzene rings is 1. The van der Waals surface area contributed by atoms with Crippen molar-refractivity contribution in [3.8, 4) is 11.3 Å². The first kappa shape index (κ1) is 15.1. The lowest BCUT2D eigenvalue weighted by Crippen LogP contribution is -2.47. The van der Waals surface area contributed by atoms with E-state index in [1.807, 2.05) is 23.1 Å². The average molecular weight is 319 g/mol. The number of carbonyl (C=O) groups is 1. The van der Waals surface area contributed by atoms with E-state index in [4.69, 9.17) is 21.8 Å². The van der Waals surface area contributed by atoms with Crippen LogP contribution in [0.1, 0.15) is 29.8 Å². The second-order valence-electron chi connectivity index (χ2n) is 5.53. The van der Waals surface area contributed by atoms with Gasteiger partial charge in [0, 0.05) is 24.7 Å². The minimum absolute atomic E-state index is 0.0894. The summed E-state index contributed by atoms with van der Waals surface area (Å²) >= 11 is 6.17. The van der Waals surface area contributed by atoms with Crippen LogP contribution < -0.4 is 5.73 Å². The van der Waals surface area contributed by atoms with Crippen molar-refractivity contribution in [1.82, 2.24) is 4.90 Å². The SMILES string of the molecule is NCC1CCCCN1C(=O)c1ccc(-c2ccccc2Cl)o1. The smallest absolute Gasteiger partial charge is 0.289 e. The molecule has 1 fully saturated rings. The molecule has 1 atom stereocenters. The number of hydrogen-bond donors (Lipinski definition) is 1. The van der Waals surface area contributed by atoms with Crippen LogP contribution in [-0.4, -0.2) is 29.9 Å². The second-order valence-corrected chi connectivity index (χ2v) is 5.93. The minimum atomic E-state index is -0.0894. The molecule has 2 N–H and O–H groups in total. The number of carbonyl (C=O) groups excluding carboxylic acids is 1. The largest absolute Gasteiger partial charge is 0.451 e. The highest BCUT2D eigenvalue weighted by atomic mass is 35.5. The molecule has 0 saturated carbocycles. The Hall–Kier alpha value is -1.78. The topological polar surface area (TPSA) is 59.5 Å². The molecule has 1 saturated heterocycles. The van der Waals surface area contributed by atoms with Crippen LogP contribution >= 0.6 is 11.6 Å². The number of furan rings is 1. The van der Waals surface area contributed by atoms with Crippen LogP contribution in [0.5, 0.6) is 0 Å². The zero-order valence-corrected chi connectivity index (χ0v) is 13.1. The Morgan fingerprint density at radius 2 is 2.09 bits per heavy atom. The molecule has 0 bridgehead atoms. The maximum Gasteiger partial charge on any atom is 0.289 e. The van der Waals surface area contributed by atoms with Gasteiger partial charge < -0.3 is 15.1 Å². The molecule has 1 unspecified atom stereocenters. The monoisotopic (exact) mass is 318 g/mol. The Morgan fingerprint density at radius 3 is 2.86 bits per heavy atom. The third kappa shape index (κ3) is 2.89. The summed E-state index contributed by atoms with van der Waals surface area (Å²) in [5.41, 5.74) is 6.57. The van der Waals surface area contributed by atoms with Crippen LogP contribution in [0, 0.1) is 0 Å². The number of nitrogens with zero attached hydrogens (tertiary/aromatic N) is 1. The molecule has 1 amide bonds. The van der Waals surface area contributed by atoms with Crippen LogP contribution in [0.4, 0.5) is 0 Å².